The van der Waals surface area contributed by atoms with E-state index >= 15 is 0 Å². The van der Waals surface area contributed by atoms with Crippen LogP contribution in [0.2, 0.25) is 0 Å². The molecule has 0 aromatic heterocycles. The molecular weight excluding hydrogens is 366 g/mol. The standard InChI is InChI=1S/C17H18F2N2O4S/c18-15-5-4-12(9-16(15)19)20-17(23)11-2-1-3-14(8-11)26(24,25)21-7-6-13(22)10-21/h1-5,8-9,13,17,20,22-23H,6-7,10H2. The van der Waals surface area contributed by atoms with Crippen LogP contribution in [0.3, 0.4) is 0 Å². The van der Waals surface area contributed by atoms with Crippen molar-refractivity contribution in [3.05, 3.63) is 59.7 Å². The average molecular weight is 384 g/mol. The third-order valence-corrected chi connectivity index (χ3v) is 6.02. The maximum atomic E-state index is 13.3. The second-order valence-corrected chi connectivity index (χ2v) is 7.99. The number of β-amino-alcohol motifs (C(OH)–C–C–N with tert-alkyl or cyclic N) is 1. The van der Waals surface area contributed by atoms with E-state index in [9.17, 15) is 27.4 Å². The van der Waals surface area contributed by atoms with E-state index in [1.807, 2.05) is 0 Å². The summed E-state index contributed by atoms with van der Waals surface area (Å²) in [5, 5.41) is 22.4. The van der Waals surface area contributed by atoms with Crippen molar-refractivity contribution in [3.63, 3.8) is 0 Å². The van der Waals surface area contributed by atoms with E-state index in [-0.39, 0.29) is 29.2 Å². The molecule has 9 heteroatoms. The Bertz CT molecular complexity index is 907. The molecule has 0 saturated carbocycles. The molecule has 1 aliphatic heterocycles. The number of hydrogen-bond acceptors (Lipinski definition) is 5. The van der Waals surface area contributed by atoms with Gasteiger partial charge in [0.15, 0.2) is 17.9 Å². The van der Waals surface area contributed by atoms with E-state index in [1.165, 1.54) is 34.6 Å². The van der Waals surface area contributed by atoms with Crippen LogP contribution in [0, 0.1) is 11.6 Å². The van der Waals surface area contributed by atoms with Gasteiger partial charge in [0, 0.05) is 30.4 Å². The second kappa shape index (κ2) is 7.28. The SMILES string of the molecule is O=S(=O)(c1cccc(C(O)Nc2ccc(F)c(F)c2)c1)N1CCC(O)C1. The molecule has 1 aliphatic rings. The molecule has 140 valence electrons. The number of aliphatic hydroxyl groups is 2. The molecule has 3 N–H and O–H groups in total. The molecule has 0 spiro atoms. The van der Waals surface area contributed by atoms with Gasteiger partial charge in [-0.1, -0.05) is 12.1 Å². The highest BCUT2D eigenvalue weighted by atomic mass is 32.2. The summed E-state index contributed by atoms with van der Waals surface area (Å²) in [6, 6.07) is 8.76. The van der Waals surface area contributed by atoms with E-state index in [2.05, 4.69) is 5.32 Å². The number of nitrogens with zero attached hydrogens (tertiary/aromatic N) is 1. The van der Waals surface area contributed by atoms with Crippen molar-refractivity contribution < 1.29 is 27.4 Å². The average Bonchev–Trinajstić information content (AvgIpc) is 3.05. The molecule has 6 nitrogen and oxygen atoms in total. The molecular formula is C17H18F2N2O4S. The van der Waals surface area contributed by atoms with E-state index in [1.54, 1.807) is 0 Å². The lowest BCUT2D eigenvalue weighted by Crippen LogP contribution is -2.29. The normalized spacial score (nSPS) is 19.5. The molecule has 2 aromatic rings. The first kappa shape index (κ1) is 18.7. The van der Waals surface area contributed by atoms with Crippen LogP contribution in [0.5, 0.6) is 0 Å². The largest absolute Gasteiger partial charge is 0.392 e. The quantitative estimate of drug-likeness (QED) is 0.685. The van der Waals surface area contributed by atoms with Gasteiger partial charge in [0.05, 0.1) is 11.0 Å². The Kier molecular flexibility index (Phi) is 5.24. The van der Waals surface area contributed by atoms with Crippen molar-refractivity contribution in [2.24, 2.45) is 0 Å². The molecule has 1 saturated heterocycles. The second-order valence-electron chi connectivity index (χ2n) is 6.05. The van der Waals surface area contributed by atoms with Crippen LogP contribution < -0.4 is 5.32 Å². The van der Waals surface area contributed by atoms with Gasteiger partial charge in [-0.25, -0.2) is 17.2 Å². The summed E-state index contributed by atoms with van der Waals surface area (Å²) in [6.07, 6.45) is -1.63. The first-order valence-corrected chi connectivity index (χ1v) is 9.39. The lowest BCUT2D eigenvalue weighted by molar-refractivity contribution is 0.189. The fraction of sp³-hybridized carbons (Fsp3) is 0.294. The predicted octanol–water partition coefficient (Wildman–Crippen LogP) is 1.82. The van der Waals surface area contributed by atoms with Gasteiger partial charge in [0.25, 0.3) is 0 Å². The predicted molar refractivity (Wildman–Crippen MR) is 90.8 cm³/mol. The van der Waals surface area contributed by atoms with Gasteiger partial charge < -0.3 is 15.5 Å². The summed E-state index contributed by atoms with van der Waals surface area (Å²) in [5.41, 5.74) is 0.392. The highest BCUT2D eigenvalue weighted by Gasteiger charge is 2.31. The van der Waals surface area contributed by atoms with E-state index in [4.69, 9.17) is 0 Å². The topological polar surface area (TPSA) is 89.9 Å². The van der Waals surface area contributed by atoms with Crippen molar-refractivity contribution in [1.29, 1.82) is 0 Å². The van der Waals surface area contributed by atoms with Crippen LogP contribution in [0.4, 0.5) is 14.5 Å². The Hall–Kier alpha value is -2.07. The fourth-order valence-corrected chi connectivity index (χ4v) is 4.30. The number of aliphatic hydroxyl groups excluding tert-OH is 2. The first-order chi connectivity index (χ1) is 12.3. The molecule has 0 aliphatic carbocycles. The highest BCUT2D eigenvalue weighted by Crippen LogP contribution is 2.25. The Labute approximate surface area is 149 Å². The summed E-state index contributed by atoms with van der Waals surface area (Å²) in [5.74, 6) is -2.07. The van der Waals surface area contributed by atoms with Crippen LogP contribution in [0.1, 0.15) is 18.2 Å². The number of benzene rings is 2. The van der Waals surface area contributed by atoms with Gasteiger partial charge in [0.2, 0.25) is 10.0 Å². The summed E-state index contributed by atoms with van der Waals surface area (Å²) < 4.78 is 52.6. The molecule has 3 rings (SSSR count). The maximum absolute atomic E-state index is 13.3. The lowest BCUT2D eigenvalue weighted by atomic mass is 10.2. The van der Waals surface area contributed by atoms with Gasteiger partial charge in [-0.3, -0.25) is 0 Å². The number of halogens is 2. The molecule has 1 heterocycles. The number of sulfonamides is 1. The van der Waals surface area contributed by atoms with Gasteiger partial charge in [-0.05, 0) is 30.7 Å². The molecule has 0 amide bonds. The van der Waals surface area contributed by atoms with Gasteiger partial charge >= 0.3 is 0 Å². The molecule has 2 atom stereocenters. The third-order valence-electron chi connectivity index (χ3n) is 4.16. The van der Waals surface area contributed by atoms with Crippen LogP contribution >= 0.6 is 0 Å². The molecule has 1 fully saturated rings. The minimum atomic E-state index is -3.79. The zero-order valence-corrected chi connectivity index (χ0v) is 14.5. The molecule has 0 bridgehead atoms. The number of hydrogen-bond donors (Lipinski definition) is 3. The number of nitrogens with one attached hydrogen (secondary N) is 1. The van der Waals surface area contributed by atoms with Crippen molar-refractivity contribution in [3.8, 4) is 0 Å². The molecule has 0 radical (unpaired) electrons. The Morgan fingerprint density at radius 2 is 1.92 bits per heavy atom. The highest BCUT2D eigenvalue weighted by molar-refractivity contribution is 7.89. The zero-order chi connectivity index (χ0) is 18.9. The summed E-state index contributed by atoms with van der Waals surface area (Å²) in [7, 11) is -3.79. The Morgan fingerprint density at radius 3 is 2.58 bits per heavy atom. The van der Waals surface area contributed by atoms with E-state index in [0.29, 0.717) is 6.42 Å². The number of rotatable bonds is 5. The van der Waals surface area contributed by atoms with Crippen LogP contribution in [0.25, 0.3) is 0 Å². The minimum absolute atomic E-state index is 0.0183. The Balaban J connectivity index is 1.81. The van der Waals surface area contributed by atoms with Crippen molar-refractivity contribution in [2.75, 3.05) is 18.4 Å². The lowest BCUT2D eigenvalue weighted by Gasteiger charge is -2.18. The third kappa shape index (κ3) is 3.85. The molecule has 2 aromatic carbocycles. The summed E-state index contributed by atoms with van der Waals surface area (Å²) >= 11 is 0. The van der Waals surface area contributed by atoms with Gasteiger partial charge in [-0.15, -0.1) is 0 Å². The zero-order valence-electron chi connectivity index (χ0n) is 13.6. The van der Waals surface area contributed by atoms with Gasteiger partial charge in [0.1, 0.15) is 0 Å². The fourth-order valence-electron chi connectivity index (χ4n) is 2.75. The molecule has 26 heavy (non-hydrogen) atoms. The van der Waals surface area contributed by atoms with Crippen LogP contribution in [0.15, 0.2) is 47.4 Å². The van der Waals surface area contributed by atoms with Crippen molar-refractivity contribution in [2.45, 2.75) is 23.6 Å². The molecule has 2 unspecified atom stereocenters. The van der Waals surface area contributed by atoms with Crippen molar-refractivity contribution in [1.82, 2.24) is 4.31 Å². The van der Waals surface area contributed by atoms with Crippen LogP contribution in [-0.2, 0) is 10.0 Å². The summed E-state index contributed by atoms with van der Waals surface area (Å²) in [4.78, 5) is -0.0183. The van der Waals surface area contributed by atoms with Gasteiger partial charge in [-0.2, -0.15) is 4.31 Å². The maximum Gasteiger partial charge on any atom is 0.243 e. The smallest absolute Gasteiger partial charge is 0.243 e. The monoisotopic (exact) mass is 384 g/mol. The number of anilines is 1. The summed E-state index contributed by atoms with van der Waals surface area (Å²) in [6.45, 7) is 0.256. The van der Waals surface area contributed by atoms with E-state index < -0.39 is 34.0 Å². The van der Waals surface area contributed by atoms with Crippen molar-refractivity contribution >= 4 is 15.7 Å². The van der Waals surface area contributed by atoms with Crippen LogP contribution in [-0.4, -0.2) is 42.1 Å². The Morgan fingerprint density at radius 1 is 1.15 bits per heavy atom. The first-order valence-electron chi connectivity index (χ1n) is 7.95. The van der Waals surface area contributed by atoms with E-state index in [0.717, 1.165) is 12.1 Å². The minimum Gasteiger partial charge on any atom is -0.392 e.